The molecule has 0 saturated heterocycles. The number of halogens is 1. The first-order chi connectivity index (χ1) is 9.20. The van der Waals surface area contributed by atoms with E-state index in [4.69, 9.17) is 4.74 Å². The maximum atomic E-state index is 11.5. The minimum absolute atomic E-state index is 0.297. The van der Waals surface area contributed by atoms with Crippen molar-refractivity contribution >= 4 is 21.9 Å². The molecule has 0 aliphatic heterocycles. The van der Waals surface area contributed by atoms with Crippen molar-refractivity contribution < 1.29 is 9.53 Å². The van der Waals surface area contributed by atoms with E-state index >= 15 is 0 Å². The number of aryl methyl sites for hydroxylation is 2. The second-order valence-electron chi connectivity index (χ2n) is 4.23. The van der Waals surface area contributed by atoms with Crippen molar-refractivity contribution in [2.45, 2.75) is 19.8 Å². The van der Waals surface area contributed by atoms with Gasteiger partial charge in [-0.15, -0.1) is 0 Å². The van der Waals surface area contributed by atoms with Crippen LogP contribution in [0.1, 0.15) is 28.5 Å². The molecule has 0 radical (unpaired) electrons. The summed E-state index contributed by atoms with van der Waals surface area (Å²) in [5.74, 6) is -0.297. The zero-order chi connectivity index (χ0) is 13.7. The summed E-state index contributed by atoms with van der Waals surface area (Å²) in [4.78, 5) is 14.5. The number of aromatic nitrogens is 1. The minimum Gasteiger partial charge on any atom is -0.461 e. The van der Waals surface area contributed by atoms with Crippen LogP contribution in [0, 0.1) is 0 Å². The first kappa shape index (κ1) is 13.9. The molecule has 1 heterocycles. The highest BCUT2D eigenvalue weighted by Crippen LogP contribution is 2.18. The molecule has 100 valence electrons. The van der Waals surface area contributed by atoms with Crippen LogP contribution in [0.25, 0.3) is 0 Å². The predicted octanol–water partition coefficient (Wildman–Crippen LogP) is 3.74. The molecule has 1 N–H and O–H groups in total. The fourth-order valence-corrected chi connectivity index (χ4v) is 2.37. The molecule has 0 aliphatic rings. The molecule has 19 heavy (non-hydrogen) atoms. The summed E-state index contributed by atoms with van der Waals surface area (Å²) < 4.78 is 6.07. The van der Waals surface area contributed by atoms with Gasteiger partial charge in [0.05, 0.1) is 6.61 Å². The molecule has 0 unspecified atom stereocenters. The number of carbonyl (C=O) groups excluding carboxylic acids is 1. The van der Waals surface area contributed by atoms with Gasteiger partial charge < -0.3 is 9.72 Å². The van der Waals surface area contributed by atoms with Crippen molar-refractivity contribution in [3.8, 4) is 0 Å². The Morgan fingerprint density at radius 2 is 2.11 bits per heavy atom. The fraction of sp³-hybridized carbons (Fsp3) is 0.267. The fourth-order valence-electron chi connectivity index (χ4n) is 1.89. The number of hydrogen-bond acceptors (Lipinski definition) is 2. The molecule has 2 aromatic rings. The summed E-state index contributed by atoms with van der Waals surface area (Å²) in [5.41, 5.74) is 2.89. The first-order valence-corrected chi connectivity index (χ1v) is 7.08. The molecular weight excluding hydrogens is 306 g/mol. The van der Waals surface area contributed by atoms with E-state index in [1.807, 2.05) is 30.5 Å². The molecule has 2 rings (SSSR count). The molecule has 0 fully saturated rings. The second kappa shape index (κ2) is 6.57. The van der Waals surface area contributed by atoms with E-state index in [1.54, 1.807) is 6.92 Å². The molecule has 1 aromatic heterocycles. The summed E-state index contributed by atoms with van der Waals surface area (Å²) >= 11 is 3.54. The Balaban J connectivity index is 1.97. The van der Waals surface area contributed by atoms with Gasteiger partial charge in [-0.05, 0) is 43.0 Å². The van der Waals surface area contributed by atoms with Crippen LogP contribution in [-0.4, -0.2) is 17.6 Å². The number of carbonyl (C=O) groups is 1. The number of ether oxygens (including phenoxy) is 1. The number of nitrogens with one attached hydrogen (secondary N) is 1. The molecule has 4 heteroatoms. The minimum atomic E-state index is -0.297. The van der Waals surface area contributed by atoms with Crippen LogP contribution >= 0.6 is 15.9 Å². The van der Waals surface area contributed by atoms with Gasteiger partial charge in [-0.3, -0.25) is 0 Å². The molecule has 3 nitrogen and oxygen atoms in total. The topological polar surface area (TPSA) is 42.1 Å². The van der Waals surface area contributed by atoms with Crippen LogP contribution in [0.2, 0.25) is 0 Å². The second-order valence-corrected chi connectivity index (χ2v) is 5.09. The van der Waals surface area contributed by atoms with Crippen LogP contribution in [0.4, 0.5) is 0 Å². The Labute approximate surface area is 121 Å². The van der Waals surface area contributed by atoms with Crippen molar-refractivity contribution in [3.63, 3.8) is 0 Å². The third-order valence-corrected chi connectivity index (χ3v) is 3.65. The largest absolute Gasteiger partial charge is 0.461 e. The monoisotopic (exact) mass is 321 g/mol. The van der Waals surface area contributed by atoms with Crippen LogP contribution in [0.5, 0.6) is 0 Å². The molecule has 0 spiro atoms. The van der Waals surface area contributed by atoms with Gasteiger partial charge >= 0.3 is 5.97 Å². The van der Waals surface area contributed by atoms with Gasteiger partial charge in [-0.1, -0.05) is 34.1 Å². The zero-order valence-electron chi connectivity index (χ0n) is 10.8. The van der Waals surface area contributed by atoms with Gasteiger partial charge in [-0.2, -0.15) is 0 Å². The lowest BCUT2D eigenvalue weighted by Gasteiger charge is -2.02. The van der Waals surface area contributed by atoms with Crippen LogP contribution in [-0.2, 0) is 17.6 Å². The number of rotatable bonds is 5. The van der Waals surface area contributed by atoms with Crippen LogP contribution in [0.15, 0.2) is 41.0 Å². The van der Waals surface area contributed by atoms with E-state index in [9.17, 15) is 4.79 Å². The lowest BCUT2D eigenvalue weighted by Crippen LogP contribution is -2.04. The van der Waals surface area contributed by atoms with E-state index in [0.29, 0.717) is 12.3 Å². The number of aromatic amines is 1. The number of H-pyrrole nitrogens is 1. The first-order valence-electron chi connectivity index (χ1n) is 6.28. The molecule has 0 atom stereocenters. The Bertz CT molecular complexity index is 563. The molecular formula is C15H16BrNO2. The molecule has 0 amide bonds. The van der Waals surface area contributed by atoms with E-state index in [2.05, 4.69) is 27.0 Å². The summed E-state index contributed by atoms with van der Waals surface area (Å²) in [5, 5.41) is 0. The van der Waals surface area contributed by atoms with Crippen molar-refractivity contribution in [1.82, 2.24) is 4.98 Å². The van der Waals surface area contributed by atoms with Crippen molar-refractivity contribution in [2.24, 2.45) is 0 Å². The predicted molar refractivity (Wildman–Crippen MR) is 78.3 cm³/mol. The van der Waals surface area contributed by atoms with Gasteiger partial charge in [-0.25, -0.2) is 4.79 Å². The van der Waals surface area contributed by atoms with Crippen molar-refractivity contribution in [3.05, 3.63) is 57.8 Å². The molecule has 0 aliphatic carbocycles. The van der Waals surface area contributed by atoms with Gasteiger partial charge in [0.2, 0.25) is 0 Å². The standard InChI is InChI=1S/C15H16BrNO2/c1-2-19-15(18)14-9-11(10-17-14)7-8-12-5-3-4-6-13(12)16/h3-6,9-10,17H,2,7-8H2,1H3. The smallest absolute Gasteiger partial charge is 0.354 e. The van der Waals surface area contributed by atoms with Gasteiger partial charge in [0.15, 0.2) is 0 Å². The maximum Gasteiger partial charge on any atom is 0.354 e. The van der Waals surface area contributed by atoms with E-state index in [-0.39, 0.29) is 5.97 Å². The SMILES string of the molecule is CCOC(=O)c1cc(CCc2ccccc2Br)c[nH]1. The zero-order valence-corrected chi connectivity index (χ0v) is 12.4. The van der Waals surface area contributed by atoms with Gasteiger partial charge in [0.1, 0.15) is 5.69 Å². The summed E-state index contributed by atoms with van der Waals surface area (Å²) in [6.07, 6.45) is 3.68. The number of benzene rings is 1. The lowest BCUT2D eigenvalue weighted by atomic mass is 10.1. The summed E-state index contributed by atoms with van der Waals surface area (Å²) in [6, 6.07) is 10.0. The van der Waals surface area contributed by atoms with E-state index in [1.165, 1.54) is 5.56 Å². The highest BCUT2D eigenvalue weighted by molar-refractivity contribution is 9.10. The third kappa shape index (κ3) is 3.70. The Kier molecular flexibility index (Phi) is 4.80. The Morgan fingerprint density at radius 1 is 1.32 bits per heavy atom. The van der Waals surface area contributed by atoms with Crippen molar-refractivity contribution in [1.29, 1.82) is 0 Å². The Hall–Kier alpha value is -1.55. The maximum absolute atomic E-state index is 11.5. The van der Waals surface area contributed by atoms with E-state index < -0.39 is 0 Å². The molecule has 0 saturated carbocycles. The van der Waals surface area contributed by atoms with Crippen LogP contribution < -0.4 is 0 Å². The van der Waals surface area contributed by atoms with Gasteiger partial charge in [0, 0.05) is 10.7 Å². The van der Waals surface area contributed by atoms with Crippen molar-refractivity contribution in [2.75, 3.05) is 6.61 Å². The average molecular weight is 322 g/mol. The van der Waals surface area contributed by atoms with Crippen LogP contribution in [0.3, 0.4) is 0 Å². The quantitative estimate of drug-likeness (QED) is 0.852. The van der Waals surface area contributed by atoms with E-state index in [0.717, 1.165) is 22.9 Å². The molecule has 1 aromatic carbocycles. The summed E-state index contributed by atoms with van der Waals surface area (Å²) in [6.45, 7) is 2.19. The highest BCUT2D eigenvalue weighted by Gasteiger charge is 2.09. The Morgan fingerprint density at radius 3 is 2.84 bits per heavy atom. The highest BCUT2D eigenvalue weighted by atomic mass is 79.9. The molecule has 0 bridgehead atoms. The lowest BCUT2D eigenvalue weighted by molar-refractivity contribution is 0.0520. The van der Waals surface area contributed by atoms with Gasteiger partial charge in [0.25, 0.3) is 0 Å². The number of hydrogen-bond donors (Lipinski definition) is 1. The third-order valence-electron chi connectivity index (χ3n) is 2.88. The normalized spacial score (nSPS) is 10.4. The summed E-state index contributed by atoms with van der Waals surface area (Å²) in [7, 11) is 0. The number of esters is 1. The average Bonchev–Trinajstić information content (AvgIpc) is 2.87.